The lowest BCUT2D eigenvalue weighted by Gasteiger charge is -2.16. The van der Waals surface area contributed by atoms with Crippen LogP contribution in [0.2, 0.25) is 0 Å². The average Bonchev–Trinajstić information content (AvgIpc) is 3.68. The minimum absolute atomic E-state index is 0.130. The Hall–Kier alpha value is -4.85. The molecule has 3 aromatic heterocycles. The number of furan rings is 1. The van der Waals surface area contributed by atoms with Gasteiger partial charge in [0.05, 0.1) is 4.47 Å². The summed E-state index contributed by atoms with van der Waals surface area (Å²) in [5.74, 6) is -1.11. The van der Waals surface area contributed by atoms with Gasteiger partial charge in [0, 0.05) is 36.5 Å². The summed E-state index contributed by atoms with van der Waals surface area (Å²) in [5.41, 5.74) is 3.14. The van der Waals surface area contributed by atoms with Crippen LogP contribution in [0.15, 0.2) is 51.4 Å². The van der Waals surface area contributed by atoms with Gasteiger partial charge in [-0.2, -0.15) is 5.21 Å². The van der Waals surface area contributed by atoms with E-state index in [1.807, 2.05) is 49.4 Å². The normalized spacial score (nSPS) is 15.2. The van der Waals surface area contributed by atoms with Gasteiger partial charge < -0.3 is 19.4 Å². The molecule has 0 saturated carbocycles. The molecule has 41 heavy (non-hydrogen) atoms. The van der Waals surface area contributed by atoms with E-state index in [1.165, 1.54) is 7.05 Å². The number of nitrogens with one attached hydrogen (secondary N) is 2. The van der Waals surface area contributed by atoms with Crippen molar-refractivity contribution in [2.24, 2.45) is 0 Å². The second kappa shape index (κ2) is 10.3. The van der Waals surface area contributed by atoms with Gasteiger partial charge >= 0.3 is 5.97 Å². The fraction of sp³-hybridized carbons (Fsp3) is 0.222. The van der Waals surface area contributed by atoms with Gasteiger partial charge in [0.2, 0.25) is 11.9 Å². The predicted octanol–water partition coefficient (Wildman–Crippen LogP) is 3.40. The summed E-state index contributed by atoms with van der Waals surface area (Å²) < 4.78 is 8.72. The lowest BCUT2D eigenvalue weighted by atomic mass is 10.0. The second-order valence-electron chi connectivity index (χ2n) is 9.54. The summed E-state index contributed by atoms with van der Waals surface area (Å²) >= 11 is 3.71. The Morgan fingerprint density at radius 1 is 1.17 bits per heavy atom. The van der Waals surface area contributed by atoms with Crippen molar-refractivity contribution in [3.63, 3.8) is 0 Å². The molecule has 4 heterocycles. The van der Waals surface area contributed by atoms with Gasteiger partial charge in [0.25, 0.3) is 11.8 Å². The number of fused-ring (bicyclic) bond motifs is 2. The van der Waals surface area contributed by atoms with Gasteiger partial charge in [0.1, 0.15) is 17.2 Å². The van der Waals surface area contributed by atoms with Crippen molar-refractivity contribution in [2.75, 3.05) is 11.9 Å². The van der Waals surface area contributed by atoms with E-state index in [0.29, 0.717) is 29.4 Å². The van der Waals surface area contributed by atoms with Crippen LogP contribution >= 0.6 is 15.9 Å². The molecular formula is C27H23BrN8O5. The van der Waals surface area contributed by atoms with Crippen LogP contribution in [0.4, 0.5) is 5.82 Å². The van der Waals surface area contributed by atoms with Gasteiger partial charge in [-0.1, -0.05) is 37.3 Å². The van der Waals surface area contributed by atoms with E-state index in [4.69, 9.17) is 4.42 Å². The van der Waals surface area contributed by atoms with E-state index in [-0.39, 0.29) is 18.1 Å². The standard InChI is InChI=1S/C27H23BrN8O5/c1-3-6-18-29-24-21(25(37)30-20(27(39)40)26(38)35(24)2)36(18)12-13-9-10-17-16(11-13)19(28)22(41-17)14-7-4-5-8-15(14)23-31-33-34-32-23/h4-5,7-11,20H,3,6,12H2,1-2H3,(H,30,37)(H,39,40)(H,31,32,33,34). The van der Waals surface area contributed by atoms with E-state index >= 15 is 0 Å². The Kier molecular flexibility index (Phi) is 6.61. The molecule has 2 amide bonds. The second-order valence-corrected chi connectivity index (χ2v) is 10.3. The molecule has 0 radical (unpaired) electrons. The van der Waals surface area contributed by atoms with Gasteiger partial charge in [-0.3, -0.25) is 14.5 Å². The average molecular weight is 619 g/mol. The molecule has 14 heteroatoms. The fourth-order valence-electron chi connectivity index (χ4n) is 4.98. The number of amides is 2. The number of hydrogen-bond donors (Lipinski definition) is 3. The van der Waals surface area contributed by atoms with Crippen LogP contribution in [0, 0.1) is 0 Å². The van der Waals surface area contributed by atoms with Crippen LogP contribution in [0.1, 0.15) is 35.2 Å². The number of carboxylic acid groups (broad SMARTS) is 1. The number of aliphatic carboxylic acids is 1. The molecule has 0 saturated heterocycles. The monoisotopic (exact) mass is 618 g/mol. The highest BCUT2D eigenvalue weighted by atomic mass is 79.9. The highest BCUT2D eigenvalue weighted by Crippen LogP contribution is 2.41. The molecule has 2 aromatic carbocycles. The molecule has 0 fully saturated rings. The molecule has 6 rings (SSSR count). The van der Waals surface area contributed by atoms with E-state index in [2.05, 4.69) is 46.9 Å². The molecule has 0 bridgehead atoms. The summed E-state index contributed by atoms with van der Waals surface area (Å²) in [5, 5.41) is 27.0. The minimum atomic E-state index is -1.70. The summed E-state index contributed by atoms with van der Waals surface area (Å²) in [4.78, 5) is 43.4. The Morgan fingerprint density at radius 3 is 2.66 bits per heavy atom. The number of likely N-dealkylation sites (N-methyl/N-ethyl adjacent to an activating group) is 1. The van der Waals surface area contributed by atoms with Crippen LogP contribution < -0.4 is 10.2 Å². The van der Waals surface area contributed by atoms with Gasteiger partial charge in [-0.25, -0.2) is 9.78 Å². The quantitative estimate of drug-likeness (QED) is 0.231. The maximum absolute atomic E-state index is 13.2. The minimum Gasteiger partial charge on any atom is -0.479 e. The van der Waals surface area contributed by atoms with Crippen LogP contribution in [-0.2, 0) is 22.6 Å². The van der Waals surface area contributed by atoms with Crippen molar-refractivity contribution in [2.45, 2.75) is 32.4 Å². The zero-order valence-corrected chi connectivity index (χ0v) is 23.5. The van der Waals surface area contributed by atoms with Crippen molar-refractivity contribution in [3.05, 3.63) is 64.0 Å². The number of tetrazole rings is 1. The number of aromatic amines is 1. The third-order valence-electron chi connectivity index (χ3n) is 6.92. The van der Waals surface area contributed by atoms with Crippen LogP contribution in [0.5, 0.6) is 0 Å². The number of nitrogens with zero attached hydrogens (tertiary/aromatic N) is 6. The molecule has 1 unspecified atom stereocenters. The largest absolute Gasteiger partial charge is 0.479 e. The number of H-pyrrole nitrogens is 1. The molecule has 1 aliphatic rings. The summed E-state index contributed by atoms with van der Waals surface area (Å²) in [6.45, 7) is 2.25. The maximum atomic E-state index is 13.2. The van der Waals surface area contributed by atoms with Gasteiger partial charge in [-0.15, -0.1) is 10.2 Å². The predicted molar refractivity (Wildman–Crippen MR) is 150 cm³/mol. The Bertz CT molecular complexity index is 1830. The fourth-order valence-corrected chi connectivity index (χ4v) is 5.58. The van der Waals surface area contributed by atoms with E-state index in [1.54, 1.807) is 4.57 Å². The Balaban J connectivity index is 1.42. The number of halogens is 1. The van der Waals surface area contributed by atoms with Crippen molar-refractivity contribution in [1.82, 2.24) is 35.5 Å². The molecule has 13 nitrogen and oxygen atoms in total. The number of hydrogen-bond acceptors (Lipinski definition) is 8. The maximum Gasteiger partial charge on any atom is 0.336 e. The topological polar surface area (TPSA) is 172 Å². The number of aromatic nitrogens is 6. The number of aryl methyl sites for hydroxylation is 1. The molecule has 208 valence electrons. The lowest BCUT2D eigenvalue weighted by Crippen LogP contribution is -2.49. The summed E-state index contributed by atoms with van der Waals surface area (Å²) in [6, 6.07) is 11.6. The highest BCUT2D eigenvalue weighted by Gasteiger charge is 2.40. The van der Waals surface area contributed by atoms with Gasteiger partial charge in [-0.05, 0) is 45.3 Å². The molecule has 0 aliphatic carbocycles. The molecule has 5 aromatic rings. The molecule has 3 N–H and O–H groups in total. The number of anilines is 1. The molecular weight excluding hydrogens is 596 g/mol. The number of rotatable bonds is 7. The molecule has 0 spiro atoms. The van der Waals surface area contributed by atoms with Crippen LogP contribution in [0.25, 0.3) is 33.7 Å². The number of benzene rings is 2. The highest BCUT2D eigenvalue weighted by molar-refractivity contribution is 9.10. The first-order chi connectivity index (χ1) is 19.8. The number of carbonyl (C=O) groups is 3. The number of imidazole rings is 1. The third-order valence-corrected chi connectivity index (χ3v) is 7.71. The summed E-state index contributed by atoms with van der Waals surface area (Å²) in [7, 11) is 1.42. The van der Waals surface area contributed by atoms with Crippen LogP contribution in [-0.4, -0.2) is 66.2 Å². The number of carboxylic acids is 1. The van der Waals surface area contributed by atoms with Crippen molar-refractivity contribution in [3.8, 4) is 22.7 Å². The SMILES string of the molecule is CCCc1nc2c(n1Cc1ccc3oc(-c4ccccc4-c4nn[nH]n4)c(Br)c3c1)C(=O)NC(C(=O)O)C(=O)N2C. The Labute approximate surface area is 240 Å². The molecule has 1 atom stereocenters. The molecule has 1 aliphatic heterocycles. The van der Waals surface area contributed by atoms with Crippen LogP contribution in [0.3, 0.4) is 0 Å². The lowest BCUT2D eigenvalue weighted by molar-refractivity contribution is -0.142. The van der Waals surface area contributed by atoms with Crippen molar-refractivity contribution >= 4 is 50.5 Å². The van der Waals surface area contributed by atoms with Gasteiger partial charge in [0.15, 0.2) is 11.5 Å². The first-order valence-corrected chi connectivity index (χ1v) is 13.5. The number of carbonyl (C=O) groups excluding carboxylic acids is 2. The first kappa shape index (κ1) is 26.4. The zero-order valence-electron chi connectivity index (χ0n) is 21.9. The Morgan fingerprint density at radius 2 is 1.95 bits per heavy atom. The van der Waals surface area contributed by atoms with E-state index < -0.39 is 23.8 Å². The zero-order chi connectivity index (χ0) is 28.8. The van der Waals surface area contributed by atoms with Crippen molar-refractivity contribution < 1.29 is 23.9 Å². The van der Waals surface area contributed by atoms with E-state index in [0.717, 1.165) is 37.9 Å². The van der Waals surface area contributed by atoms with E-state index in [9.17, 15) is 19.5 Å². The third kappa shape index (κ3) is 4.45. The van der Waals surface area contributed by atoms with Crippen molar-refractivity contribution in [1.29, 1.82) is 0 Å². The first-order valence-electron chi connectivity index (χ1n) is 12.7. The smallest absolute Gasteiger partial charge is 0.336 e. The summed E-state index contributed by atoms with van der Waals surface area (Å²) in [6.07, 6.45) is 1.31.